The molecule has 6 nitrogen and oxygen atoms in total. The number of benzene rings is 1. The number of esters is 1. The number of aryl methyl sites for hydroxylation is 1. The van der Waals surface area contributed by atoms with Crippen LogP contribution in [0.15, 0.2) is 29.6 Å². The third-order valence-corrected chi connectivity index (χ3v) is 6.91. The first-order valence-electron chi connectivity index (χ1n) is 11.2. The van der Waals surface area contributed by atoms with Crippen molar-refractivity contribution in [1.29, 1.82) is 0 Å². The number of nitrogens with zero attached hydrogens (tertiary/aromatic N) is 1. The fourth-order valence-corrected chi connectivity index (χ4v) is 5.19. The number of thiazole rings is 1. The van der Waals surface area contributed by atoms with Crippen molar-refractivity contribution in [2.24, 2.45) is 0 Å². The lowest BCUT2D eigenvalue weighted by Crippen LogP contribution is -2.14. The highest BCUT2D eigenvalue weighted by molar-refractivity contribution is 7.14. The second-order valence-electron chi connectivity index (χ2n) is 8.29. The van der Waals surface area contributed by atoms with Gasteiger partial charge in [0, 0.05) is 16.6 Å². The summed E-state index contributed by atoms with van der Waals surface area (Å²) in [5.41, 5.74) is 5.24. The molecule has 0 aliphatic heterocycles. The summed E-state index contributed by atoms with van der Waals surface area (Å²) in [6, 6.07) is 8.67. The van der Waals surface area contributed by atoms with E-state index in [1.165, 1.54) is 49.0 Å². The van der Waals surface area contributed by atoms with Crippen molar-refractivity contribution in [1.82, 2.24) is 9.97 Å². The van der Waals surface area contributed by atoms with Crippen molar-refractivity contribution >= 4 is 28.3 Å². The van der Waals surface area contributed by atoms with E-state index in [4.69, 9.17) is 4.74 Å². The lowest BCUT2D eigenvalue weighted by Gasteiger charge is -2.22. The number of nitrogens with one attached hydrogen (secondary N) is 2. The van der Waals surface area contributed by atoms with Crippen LogP contribution in [0.1, 0.15) is 82.6 Å². The van der Waals surface area contributed by atoms with E-state index < -0.39 is 5.97 Å². The fourth-order valence-electron chi connectivity index (χ4n) is 4.47. The summed E-state index contributed by atoms with van der Waals surface area (Å²) >= 11 is 1.38. The van der Waals surface area contributed by atoms with Gasteiger partial charge in [-0.3, -0.25) is 10.1 Å². The molecule has 3 aromatic rings. The zero-order valence-corrected chi connectivity index (χ0v) is 19.6. The number of anilines is 1. The van der Waals surface area contributed by atoms with Gasteiger partial charge in [0.15, 0.2) is 5.13 Å². The number of carbonyl (C=O) groups is 2. The Morgan fingerprint density at radius 2 is 1.88 bits per heavy atom. The van der Waals surface area contributed by atoms with Crippen LogP contribution < -0.4 is 5.32 Å². The minimum atomic E-state index is -0.425. The van der Waals surface area contributed by atoms with Crippen LogP contribution >= 0.6 is 11.3 Å². The molecule has 0 spiro atoms. The summed E-state index contributed by atoms with van der Waals surface area (Å²) < 4.78 is 5.10. The van der Waals surface area contributed by atoms with E-state index in [1.807, 2.05) is 5.38 Å². The van der Waals surface area contributed by atoms with Crippen molar-refractivity contribution in [3.05, 3.63) is 57.7 Å². The highest BCUT2D eigenvalue weighted by Crippen LogP contribution is 2.34. The summed E-state index contributed by atoms with van der Waals surface area (Å²) in [6.07, 6.45) is 6.56. The predicted molar refractivity (Wildman–Crippen MR) is 128 cm³/mol. The Kier molecular flexibility index (Phi) is 6.74. The monoisotopic (exact) mass is 451 g/mol. The number of hydrogen-bond acceptors (Lipinski definition) is 5. The molecule has 1 aliphatic carbocycles. The molecule has 1 amide bonds. The Morgan fingerprint density at radius 3 is 2.56 bits per heavy atom. The minimum absolute atomic E-state index is 0.286. The van der Waals surface area contributed by atoms with Crippen molar-refractivity contribution in [3.63, 3.8) is 0 Å². The first kappa shape index (κ1) is 22.3. The summed E-state index contributed by atoms with van der Waals surface area (Å²) in [5.74, 6) is -0.0734. The molecule has 4 rings (SSSR count). The molecule has 2 N–H and O–H groups in total. The number of rotatable bonds is 6. The first-order valence-corrected chi connectivity index (χ1v) is 12.1. The van der Waals surface area contributed by atoms with Gasteiger partial charge >= 0.3 is 5.97 Å². The number of amides is 1. The number of ether oxygens (including phenoxy) is 1. The molecule has 0 atom stereocenters. The van der Waals surface area contributed by atoms with Crippen molar-refractivity contribution in [2.45, 2.75) is 58.8 Å². The van der Waals surface area contributed by atoms with E-state index in [9.17, 15) is 9.59 Å². The molecule has 0 bridgehead atoms. The average molecular weight is 452 g/mol. The van der Waals surface area contributed by atoms with Crippen LogP contribution in [-0.4, -0.2) is 28.5 Å². The largest absolute Gasteiger partial charge is 0.462 e. The summed E-state index contributed by atoms with van der Waals surface area (Å²) in [4.78, 5) is 32.6. The van der Waals surface area contributed by atoms with Crippen LogP contribution in [0.25, 0.3) is 11.3 Å². The maximum absolute atomic E-state index is 12.8. The molecule has 7 heteroatoms. The minimum Gasteiger partial charge on any atom is -0.462 e. The summed E-state index contributed by atoms with van der Waals surface area (Å²) in [6.45, 7) is 5.54. The molecule has 0 unspecified atom stereocenters. The van der Waals surface area contributed by atoms with Crippen LogP contribution in [0.4, 0.5) is 5.13 Å². The third-order valence-electron chi connectivity index (χ3n) is 6.15. The van der Waals surface area contributed by atoms with Crippen molar-refractivity contribution < 1.29 is 14.3 Å². The summed E-state index contributed by atoms with van der Waals surface area (Å²) in [7, 11) is 0. The molecule has 1 aromatic carbocycles. The Balaban J connectivity index is 1.46. The number of H-pyrrole nitrogens is 1. The van der Waals surface area contributed by atoms with Gasteiger partial charge in [0.2, 0.25) is 0 Å². The number of aromatic amines is 1. The number of carbonyl (C=O) groups excluding carboxylic acids is 2. The lowest BCUT2D eigenvalue weighted by molar-refractivity contribution is 0.0525. The van der Waals surface area contributed by atoms with E-state index in [1.54, 1.807) is 20.8 Å². The van der Waals surface area contributed by atoms with E-state index in [-0.39, 0.29) is 12.5 Å². The van der Waals surface area contributed by atoms with Crippen LogP contribution in [0.2, 0.25) is 0 Å². The van der Waals surface area contributed by atoms with Gasteiger partial charge in [-0.1, -0.05) is 43.5 Å². The Hall–Kier alpha value is -2.93. The van der Waals surface area contributed by atoms with Crippen LogP contribution in [0.3, 0.4) is 0 Å². The van der Waals surface area contributed by atoms with Crippen LogP contribution in [0.5, 0.6) is 0 Å². The zero-order valence-electron chi connectivity index (χ0n) is 18.8. The maximum Gasteiger partial charge on any atom is 0.340 e. The molecule has 1 saturated carbocycles. The van der Waals surface area contributed by atoms with Crippen LogP contribution in [-0.2, 0) is 4.74 Å². The van der Waals surface area contributed by atoms with Gasteiger partial charge in [0.25, 0.3) is 5.91 Å². The second kappa shape index (κ2) is 9.69. The standard InChI is InChI=1S/C25H29N3O3S/c1-4-31-24(30)21-15(2)22(26-16(21)3)23(29)28-25-27-20(14-32-25)19-12-10-18(11-13-19)17-8-6-5-7-9-17/h10-14,17,26H,4-9H2,1-3H3,(H,27,28,29). The molecule has 2 aromatic heterocycles. The van der Waals surface area contributed by atoms with Gasteiger partial charge < -0.3 is 9.72 Å². The topological polar surface area (TPSA) is 84.1 Å². The van der Waals surface area contributed by atoms with Crippen molar-refractivity contribution in [3.8, 4) is 11.3 Å². The Bertz CT molecular complexity index is 1110. The quantitative estimate of drug-likeness (QED) is 0.435. The number of aromatic nitrogens is 2. The smallest absolute Gasteiger partial charge is 0.340 e. The van der Waals surface area contributed by atoms with E-state index in [0.29, 0.717) is 33.6 Å². The highest BCUT2D eigenvalue weighted by atomic mass is 32.1. The fraction of sp³-hybridized carbons (Fsp3) is 0.400. The molecule has 0 saturated heterocycles. The predicted octanol–water partition coefficient (Wildman–Crippen LogP) is 6.23. The van der Waals surface area contributed by atoms with Gasteiger partial charge in [0.05, 0.1) is 17.9 Å². The van der Waals surface area contributed by atoms with Gasteiger partial charge in [-0.15, -0.1) is 11.3 Å². The van der Waals surface area contributed by atoms with E-state index in [2.05, 4.69) is 39.6 Å². The Labute approximate surface area is 192 Å². The normalized spacial score (nSPS) is 14.3. The highest BCUT2D eigenvalue weighted by Gasteiger charge is 2.23. The van der Waals surface area contributed by atoms with Gasteiger partial charge in [0.1, 0.15) is 5.69 Å². The molecule has 2 heterocycles. The lowest BCUT2D eigenvalue weighted by atomic mass is 9.84. The van der Waals surface area contributed by atoms with Gasteiger partial charge in [-0.25, -0.2) is 9.78 Å². The average Bonchev–Trinajstić information content (AvgIpc) is 3.38. The SMILES string of the molecule is CCOC(=O)c1c(C)[nH]c(C(=O)Nc2nc(-c3ccc(C4CCCCC4)cc3)cs2)c1C. The molecular weight excluding hydrogens is 422 g/mol. The van der Waals surface area contributed by atoms with Crippen molar-refractivity contribution in [2.75, 3.05) is 11.9 Å². The molecular formula is C25H29N3O3S. The third kappa shape index (κ3) is 4.63. The summed E-state index contributed by atoms with van der Waals surface area (Å²) in [5, 5.41) is 5.31. The van der Waals surface area contributed by atoms with E-state index in [0.717, 1.165) is 11.3 Å². The second-order valence-corrected chi connectivity index (χ2v) is 9.15. The molecule has 1 fully saturated rings. The molecule has 168 valence electrons. The van der Waals surface area contributed by atoms with E-state index >= 15 is 0 Å². The Morgan fingerprint density at radius 1 is 1.16 bits per heavy atom. The zero-order chi connectivity index (χ0) is 22.7. The number of hydrogen-bond donors (Lipinski definition) is 2. The molecule has 0 radical (unpaired) electrons. The van der Waals surface area contributed by atoms with Gasteiger partial charge in [-0.05, 0) is 50.7 Å². The molecule has 1 aliphatic rings. The molecule has 32 heavy (non-hydrogen) atoms. The van der Waals surface area contributed by atoms with Gasteiger partial charge in [-0.2, -0.15) is 0 Å². The van der Waals surface area contributed by atoms with Crippen LogP contribution in [0, 0.1) is 13.8 Å². The maximum atomic E-state index is 12.8. The first-order chi connectivity index (χ1) is 15.5.